The van der Waals surface area contributed by atoms with Crippen molar-refractivity contribution in [1.82, 2.24) is 16.0 Å². The number of unbranched alkanes of at least 4 members (excludes halogenated alkanes) is 1. The van der Waals surface area contributed by atoms with Crippen LogP contribution in [0.1, 0.15) is 72.6 Å². The topological polar surface area (TPSA) is 149 Å². The number of carbonyl (C=O) groups excluding carboxylic acids is 5. The lowest BCUT2D eigenvalue weighted by atomic mass is 10.0. The van der Waals surface area contributed by atoms with E-state index in [2.05, 4.69) is 16.0 Å². The second-order valence-electron chi connectivity index (χ2n) is 12.7. The van der Waals surface area contributed by atoms with Crippen LogP contribution in [0.3, 0.4) is 0 Å². The van der Waals surface area contributed by atoms with E-state index in [0.717, 1.165) is 11.1 Å². The molecule has 2 atom stereocenters. The molecular weight excluding hydrogens is 626 g/mol. The number of aryl methyl sites for hydroxylation is 2. The number of nitrogens with one attached hydrogen (secondary N) is 3. The number of ketones is 1. The molecule has 3 aromatic rings. The summed E-state index contributed by atoms with van der Waals surface area (Å²) in [5.74, 6) is -1.76. The van der Waals surface area contributed by atoms with Crippen LogP contribution in [0.4, 0.5) is 9.59 Å². The molecule has 0 aliphatic heterocycles. The Kier molecular flexibility index (Phi) is 14.8. The molecule has 0 bridgehead atoms. The molecule has 11 heteroatoms. The molecule has 0 fully saturated rings. The Morgan fingerprint density at radius 3 is 1.92 bits per heavy atom. The van der Waals surface area contributed by atoms with Crippen molar-refractivity contribution in [2.24, 2.45) is 0 Å². The summed E-state index contributed by atoms with van der Waals surface area (Å²) in [4.78, 5) is 65.0. The number of esters is 1. The highest BCUT2D eigenvalue weighted by Gasteiger charge is 2.28. The smallest absolute Gasteiger partial charge is 0.408 e. The maximum atomic E-state index is 13.7. The lowest BCUT2D eigenvalue weighted by Crippen LogP contribution is -2.53. The van der Waals surface area contributed by atoms with Gasteiger partial charge in [-0.05, 0) is 76.1 Å². The minimum Gasteiger partial charge on any atom is -0.454 e. The highest BCUT2D eigenvalue weighted by Crippen LogP contribution is 2.15. The van der Waals surface area contributed by atoms with E-state index in [1.807, 2.05) is 66.7 Å². The zero-order valence-electron chi connectivity index (χ0n) is 28.9. The fraction of sp³-hybridized carbons (Fsp3) is 0.395. The molecule has 0 spiro atoms. The van der Waals surface area contributed by atoms with Crippen LogP contribution in [-0.4, -0.2) is 60.7 Å². The Labute approximate surface area is 288 Å². The molecule has 0 aromatic heterocycles. The first-order valence-corrected chi connectivity index (χ1v) is 16.4. The predicted octanol–water partition coefficient (Wildman–Crippen LogP) is 5.75. The first-order chi connectivity index (χ1) is 23.3. The first kappa shape index (κ1) is 38.3. The summed E-state index contributed by atoms with van der Waals surface area (Å²) in [5.41, 5.74) is 2.74. The third-order valence-corrected chi connectivity index (χ3v) is 7.43. The average Bonchev–Trinajstić information content (AvgIpc) is 3.05. The Morgan fingerprint density at radius 2 is 1.31 bits per heavy atom. The van der Waals surface area contributed by atoms with E-state index in [4.69, 9.17) is 14.2 Å². The highest BCUT2D eigenvalue weighted by atomic mass is 16.6. The molecule has 0 aliphatic carbocycles. The van der Waals surface area contributed by atoms with Crippen molar-refractivity contribution >= 4 is 29.8 Å². The Morgan fingerprint density at radius 1 is 0.694 bits per heavy atom. The van der Waals surface area contributed by atoms with Gasteiger partial charge in [-0.3, -0.25) is 9.59 Å². The minimum absolute atomic E-state index is 0.0104. The van der Waals surface area contributed by atoms with Crippen LogP contribution in [0.25, 0.3) is 0 Å². The Bertz CT molecular complexity index is 1530. The van der Waals surface area contributed by atoms with Crippen LogP contribution < -0.4 is 16.0 Å². The molecule has 11 nitrogen and oxygen atoms in total. The van der Waals surface area contributed by atoms with Gasteiger partial charge in [-0.25, -0.2) is 14.4 Å². The van der Waals surface area contributed by atoms with Crippen LogP contribution in [0.5, 0.6) is 0 Å². The van der Waals surface area contributed by atoms with Crippen LogP contribution in [0.2, 0.25) is 0 Å². The van der Waals surface area contributed by atoms with Crippen molar-refractivity contribution in [2.45, 2.75) is 84.6 Å². The maximum absolute atomic E-state index is 13.7. The van der Waals surface area contributed by atoms with Crippen LogP contribution in [0, 0.1) is 13.8 Å². The summed E-state index contributed by atoms with van der Waals surface area (Å²) < 4.78 is 16.0. The average molecular weight is 674 g/mol. The molecule has 3 rings (SSSR count). The number of Topliss-reactive ketones (excluding diaryl/α,β-unsaturated/α-hetero) is 1. The summed E-state index contributed by atoms with van der Waals surface area (Å²) in [6, 6.07) is 21.5. The second kappa shape index (κ2) is 19.0. The van der Waals surface area contributed by atoms with Gasteiger partial charge in [-0.15, -0.1) is 0 Å². The largest absolute Gasteiger partial charge is 0.454 e. The number of rotatable bonds is 16. The van der Waals surface area contributed by atoms with Gasteiger partial charge < -0.3 is 30.2 Å². The summed E-state index contributed by atoms with van der Waals surface area (Å²) in [5, 5.41) is 8.09. The first-order valence-electron chi connectivity index (χ1n) is 16.4. The number of ether oxygens (including phenoxy) is 3. The minimum atomic E-state index is -1.08. The molecule has 49 heavy (non-hydrogen) atoms. The number of alkyl carbamates (subject to hydrolysis) is 2. The lowest BCUT2D eigenvalue weighted by Gasteiger charge is -2.23. The van der Waals surface area contributed by atoms with Gasteiger partial charge in [0.15, 0.2) is 12.4 Å². The van der Waals surface area contributed by atoms with Gasteiger partial charge in [0.1, 0.15) is 18.2 Å². The zero-order valence-corrected chi connectivity index (χ0v) is 28.9. The molecule has 0 saturated heterocycles. The number of carbonyl (C=O) groups is 5. The predicted molar refractivity (Wildman–Crippen MR) is 185 cm³/mol. The van der Waals surface area contributed by atoms with Crippen molar-refractivity contribution in [1.29, 1.82) is 0 Å². The van der Waals surface area contributed by atoms with Gasteiger partial charge in [0.2, 0.25) is 5.91 Å². The van der Waals surface area contributed by atoms with Crippen LogP contribution in [-0.2, 0) is 36.8 Å². The summed E-state index contributed by atoms with van der Waals surface area (Å²) >= 11 is 0. The van der Waals surface area contributed by atoms with E-state index in [0.29, 0.717) is 29.5 Å². The lowest BCUT2D eigenvalue weighted by molar-refractivity contribution is -0.130. The van der Waals surface area contributed by atoms with E-state index in [1.165, 1.54) is 0 Å². The third-order valence-electron chi connectivity index (χ3n) is 7.43. The van der Waals surface area contributed by atoms with Crippen LogP contribution in [0.15, 0.2) is 78.9 Å². The maximum Gasteiger partial charge on any atom is 0.408 e. The van der Waals surface area contributed by atoms with Crippen molar-refractivity contribution in [3.63, 3.8) is 0 Å². The van der Waals surface area contributed by atoms with E-state index >= 15 is 0 Å². The molecule has 3 N–H and O–H groups in total. The number of benzene rings is 3. The van der Waals surface area contributed by atoms with E-state index in [-0.39, 0.29) is 26.0 Å². The summed E-state index contributed by atoms with van der Waals surface area (Å²) in [6.07, 6.45) is -0.0986. The van der Waals surface area contributed by atoms with Gasteiger partial charge in [0, 0.05) is 13.0 Å². The molecule has 0 saturated carbocycles. The molecular formula is C38H47N3O8. The van der Waals surface area contributed by atoms with Gasteiger partial charge in [0.05, 0.1) is 11.6 Å². The molecule has 3 aromatic carbocycles. The summed E-state index contributed by atoms with van der Waals surface area (Å²) in [6.45, 7) is 8.59. The second-order valence-corrected chi connectivity index (χ2v) is 12.7. The van der Waals surface area contributed by atoms with E-state index in [9.17, 15) is 24.0 Å². The molecule has 3 amide bonds. The Hall–Kier alpha value is -5.19. The van der Waals surface area contributed by atoms with Crippen molar-refractivity contribution < 1.29 is 38.2 Å². The van der Waals surface area contributed by atoms with Gasteiger partial charge in [0.25, 0.3) is 0 Å². The van der Waals surface area contributed by atoms with Gasteiger partial charge in [-0.2, -0.15) is 0 Å². The van der Waals surface area contributed by atoms with E-state index in [1.54, 1.807) is 46.8 Å². The van der Waals surface area contributed by atoms with Crippen molar-refractivity contribution in [2.75, 3.05) is 13.2 Å². The van der Waals surface area contributed by atoms with Crippen molar-refractivity contribution in [3.05, 3.63) is 107 Å². The highest BCUT2D eigenvalue weighted by molar-refractivity contribution is 5.96. The van der Waals surface area contributed by atoms with Crippen LogP contribution >= 0.6 is 0 Å². The van der Waals surface area contributed by atoms with E-state index < -0.39 is 54.1 Å². The quantitative estimate of drug-likeness (QED) is 0.0990. The Balaban J connectivity index is 1.70. The number of amides is 3. The third kappa shape index (κ3) is 13.8. The molecule has 0 heterocycles. The summed E-state index contributed by atoms with van der Waals surface area (Å²) in [7, 11) is 0. The number of hydrogen-bond donors (Lipinski definition) is 3. The fourth-order valence-electron chi connectivity index (χ4n) is 4.98. The number of hydrogen-bond acceptors (Lipinski definition) is 8. The zero-order chi connectivity index (χ0) is 35.8. The monoisotopic (exact) mass is 673 g/mol. The van der Waals surface area contributed by atoms with Gasteiger partial charge in [-0.1, -0.05) is 78.9 Å². The van der Waals surface area contributed by atoms with Crippen molar-refractivity contribution in [3.8, 4) is 0 Å². The fourth-order valence-corrected chi connectivity index (χ4v) is 4.98. The normalized spacial score (nSPS) is 12.2. The molecule has 0 aliphatic rings. The van der Waals surface area contributed by atoms with Gasteiger partial charge >= 0.3 is 18.2 Å². The standard InChI is InChI=1S/C38H47N3O8/c1-26-15-14-16-27(2)33(26)35(44)47-25-32(42)30(21-12-13-22-39-36(45)49-38(3,4)5)40-34(43)31(23-28-17-8-6-9-18-28)41-37(46)48-24-29-19-10-7-11-20-29/h6-11,14-20,30-31H,12-13,21-25H2,1-5H3,(H,39,45)(H,40,43)(H,41,46). The molecule has 2 unspecified atom stereocenters. The molecule has 262 valence electrons. The molecule has 0 radical (unpaired) electrons. The SMILES string of the molecule is Cc1cccc(C)c1C(=O)OCC(=O)C(CCCCNC(=O)OC(C)(C)C)NC(=O)C(Cc1ccccc1)NC(=O)OCc1ccccc1.